The Hall–Kier alpha value is -4.08. The number of aryl methyl sites for hydroxylation is 2. The number of hydrogen-bond donors (Lipinski definition) is 3. The first-order valence-corrected chi connectivity index (χ1v) is 9.41. The van der Waals surface area contributed by atoms with Crippen molar-refractivity contribution < 1.29 is 19.1 Å². The van der Waals surface area contributed by atoms with E-state index in [2.05, 4.69) is 20.9 Å². The van der Waals surface area contributed by atoms with Crippen molar-refractivity contribution in [3.05, 3.63) is 53.2 Å². The number of nitrogens with two attached hydrogens (primary N) is 1. The molecule has 0 unspecified atom stereocenters. The molecule has 0 aliphatic carbocycles. The highest BCUT2D eigenvalue weighted by molar-refractivity contribution is 6.05. The molecule has 4 N–H and O–H groups in total. The lowest BCUT2D eigenvalue weighted by atomic mass is 10.1. The summed E-state index contributed by atoms with van der Waals surface area (Å²) < 4.78 is 11.6. The van der Waals surface area contributed by atoms with E-state index < -0.39 is 11.8 Å². The molecule has 31 heavy (non-hydrogen) atoms. The molecule has 0 saturated carbocycles. The van der Waals surface area contributed by atoms with Crippen LogP contribution >= 0.6 is 0 Å². The monoisotopic (exact) mass is 424 g/mol. The molecule has 0 saturated heterocycles. The summed E-state index contributed by atoms with van der Waals surface area (Å²) in [5.74, 6) is 0.104. The lowest BCUT2D eigenvalue weighted by Gasteiger charge is -2.11. The molecule has 0 aliphatic heterocycles. The van der Waals surface area contributed by atoms with Crippen LogP contribution in [0.25, 0.3) is 0 Å². The van der Waals surface area contributed by atoms with E-state index in [4.69, 9.17) is 15.2 Å². The van der Waals surface area contributed by atoms with Crippen molar-refractivity contribution in [3.63, 3.8) is 0 Å². The molecule has 0 radical (unpaired) electrons. The number of aromatic nitrogens is 3. The quantitative estimate of drug-likeness (QED) is 0.530. The minimum Gasteiger partial charge on any atom is -0.493 e. The summed E-state index contributed by atoms with van der Waals surface area (Å²) in [6.07, 6.45) is 0. The van der Waals surface area contributed by atoms with Crippen molar-refractivity contribution in [2.24, 2.45) is 0 Å². The fourth-order valence-electron chi connectivity index (χ4n) is 2.86. The average molecular weight is 424 g/mol. The Kier molecular flexibility index (Phi) is 6.39. The number of rotatable bonds is 7. The molecular formula is C21H24N6O4. The number of nitrogen functional groups attached to an aromatic ring is 1. The van der Waals surface area contributed by atoms with Crippen molar-refractivity contribution >= 4 is 29.0 Å². The third-order valence-electron chi connectivity index (χ3n) is 4.71. The number of carbonyl (C=O) groups excluding carboxylic acids is 2. The van der Waals surface area contributed by atoms with Crippen molar-refractivity contribution in [1.82, 2.24) is 15.0 Å². The number of nitrogens with zero attached hydrogens (tertiary/aromatic N) is 3. The predicted octanol–water partition coefficient (Wildman–Crippen LogP) is 2.39. The molecule has 0 bridgehead atoms. The van der Waals surface area contributed by atoms with Gasteiger partial charge in [0.05, 0.1) is 14.2 Å². The lowest BCUT2D eigenvalue weighted by molar-refractivity contribution is -0.116. The zero-order chi connectivity index (χ0) is 22.5. The van der Waals surface area contributed by atoms with Gasteiger partial charge in [-0.25, -0.2) is 4.68 Å². The van der Waals surface area contributed by atoms with Gasteiger partial charge in [-0.3, -0.25) is 9.59 Å². The summed E-state index contributed by atoms with van der Waals surface area (Å²) in [6.45, 7) is 3.72. The summed E-state index contributed by atoms with van der Waals surface area (Å²) >= 11 is 0. The molecule has 0 atom stereocenters. The second kappa shape index (κ2) is 9.16. The molecule has 1 aromatic heterocycles. The van der Waals surface area contributed by atoms with Crippen molar-refractivity contribution in [3.8, 4) is 11.5 Å². The van der Waals surface area contributed by atoms with Crippen molar-refractivity contribution in [2.75, 3.05) is 30.6 Å². The number of benzene rings is 2. The summed E-state index contributed by atoms with van der Waals surface area (Å²) in [6, 6.07) is 10.5. The Balaban J connectivity index is 1.67. The maximum absolute atomic E-state index is 12.5. The summed E-state index contributed by atoms with van der Waals surface area (Å²) in [4.78, 5) is 24.9. The first-order chi connectivity index (χ1) is 14.8. The average Bonchev–Trinajstić information content (AvgIpc) is 3.10. The maximum atomic E-state index is 12.5. The summed E-state index contributed by atoms with van der Waals surface area (Å²) in [5.41, 5.74) is 9.22. The Morgan fingerprint density at radius 2 is 1.65 bits per heavy atom. The van der Waals surface area contributed by atoms with Crippen LogP contribution in [-0.2, 0) is 11.3 Å². The molecule has 162 valence electrons. The van der Waals surface area contributed by atoms with E-state index in [1.54, 1.807) is 24.3 Å². The molecule has 0 aliphatic rings. The molecular weight excluding hydrogens is 400 g/mol. The number of anilines is 3. The van der Waals surface area contributed by atoms with Gasteiger partial charge in [0, 0.05) is 17.4 Å². The molecule has 2 amide bonds. The van der Waals surface area contributed by atoms with Gasteiger partial charge in [0.2, 0.25) is 5.91 Å². The minimum absolute atomic E-state index is 0.0104. The molecule has 1 heterocycles. The number of nitrogens with one attached hydrogen (secondary N) is 2. The van der Waals surface area contributed by atoms with Crippen LogP contribution < -0.4 is 25.8 Å². The van der Waals surface area contributed by atoms with Crippen LogP contribution in [0.3, 0.4) is 0 Å². The molecule has 0 fully saturated rings. The van der Waals surface area contributed by atoms with Gasteiger partial charge in [0.15, 0.2) is 23.0 Å². The lowest BCUT2D eigenvalue weighted by Crippen LogP contribution is -2.21. The highest BCUT2D eigenvalue weighted by atomic mass is 16.5. The first kappa shape index (κ1) is 21.6. The molecule has 2 aromatic carbocycles. The minimum atomic E-state index is -0.507. The van der Waals surface area contributed by atoms with E-state index >= 15 is 0 Å². The van der Waals surface area contributed by atoms with Gasteiger partial charge >= 0.3 is 0 Å². The zero-order valence-electron chi connectivity index (χ0n) is 17.7. The highest BCUT2D eigenvalue weighted by Gasteiger charge is 2.19. The highest BCUT2D eigenvalue weighted by Crippen LogP contribution is 2.29. The third kappa shape index (κ3) is 4.92. The zero-order valence-corrected chi connectivity index (χ0v) is 17.7. The van der Waals surface area contributed by atoms with Gasteiger partial charge in [-0.15, -0.1) is 5.10 Å². The third-order valence-corrected chi connectivity index (χ3v) is 4.71. The fraction of sp³-hybridized carbons (Fsp3) is 0.238. The van der Waals surface area contributed by atoms with Crippen LogP contribution in [0, 0.1) is 13.8 Å². The van der Waals surface area contributed by atoms with Gasteiger partial charge in [-0.1, -0.05) is 11.3 Å². The first-order valence-electron chi connectivity index (χ1n) is 9.41. The van der Waals surface area contributed by atoms with E-state index in [1.807, 2.05) is 26.0 Å². The molecule has 3 rings (SSSR count). The van der Waals surface area contributed by atoms with Crippen LogP contribution in [-0.4, -0.2) is 41.0 Å². The topological polar surface area (TPSA) is 133 Å². The van der Waals surface area contributed by atoms with E-state index in [1.165, 1.54) is 14.2 Å². The van der Waals surface area contributed by atoms with E-state index in [0.29, 0.717) is 22.9 Å². The summed E-state index contributed by atoms with van der Waals surface area (Å²) in [7, 11) is 3.03. The molecule has 10 heteroatoms. The van der Waals surface area contributed by atoms with E-state index in [-0.39, 0.29) is 18.1 Å². The number of hydrogen-bond acceptors (Lipinski definition) is 7. The van der Waals surface area contributed by atoms with Gasteiger partial charge in [-0.05, 0) is 49.2 Å². The Morgan fingerprint density at radius 3 is 2.32 bits per heavy atom. The Labute approximate surface area is 179 Å². The second-order valence-electron chi connectivity index (χ2n) is 6.85. The van der Waals surface area contributed by atoms with E-state index in [0.717, 1.165) is 15.8 Å². The largest absolute Gasteiger partial charge is 0.493 e. The van der Waals surface area contributed by atoms with Crippen molar-refractivity contribution in [1.29, 1.82) is 0 Å². The van der Waals surface area contributed by atoms with Crippen LogP contribution in [0.15, 0.2) is 36.4 Å². The van der Waals surface area contributed by atoms with Gasteiger partial charge in [0.1, 0.15) is 6.54 Å². The SMILES string of the molecule is COc1ccc(NC(=O)Cn2nnc(C(=O)Nc3ccc(C)c(C)c3)c2N)cc1OC. The van der Waals surface area contributed by atoms with Gasteiger partial charge < -0.3 is 25.8 Å². The van der Waals surface area contributed by atoms with Crippen LogP contribution in [0.4, 0.5) is 17.2 Å². The van der Waals surface area contributed by atoms with Crippen molar-refractivity contribution in [2.45, 2.75) is 20.4 Å². The number of amides is 2. The Morgan fingerprint density at radius 1 is 0.968 bits per heavy atom. The molecule has 3 aromatic rings. The van der Waals surface area contributed by atoms with Crippen LogP contribution in [0.2, 0.25) is 0 Å². The number of methoxy groups -OCH3 is 2. The summed E-state index contributed by atoms with van der Waals surface area (Å²) in [5, 5.41) is 13.1. The van der Waals surface area contributed by atoms with E-state index in [9.17, 15) is 9.59 Å². The predicted molar refractivity (Wildman–Crippen MR) is 116 cm³/mol. The van der Waals surface area contributed by atoms with Gasteiger partial charge in [0.25, 0.3) is 5.91 Å². The number of carbonyl (C=O) groups is 2. The van der Waals surface area contributed by atoms with Gasteiger partial charge in [-0.2, -0.15) is 0 Å². The second-order valence-corrected chi connectivity index (χ2v) is 6.85. The molecule has 0 spiro atoms. The maximum Gasteiger partial charge on any atom is 0.280 e. The van der Waals surface area contributed by atoms with Crippen LogP contribution in [0.5, 0.6) is 11.5 Å². The normalized spacial score (nSPS) is 10.5. The number of ether oxygens (including phenoxy) is 2. The Bertz CT molecular complexity index is 1130. The molecule has 10 nitrogen and oxygen atoms in total. The smallest absolute Gasteiger partial charge is 0.280 e. The standard InChI is InChI=1S/C21H24N6O4/c1-12-5-6-14(9-13(12)2)24-21(29)19-20(22)27(26-25-19)11-18(28)23-15-7-8-16(30-3)17(10-15)31-4/h5-10H,11,22H2,1-4H3,(H,23,28)(H,24,29). The fourth-order valence-corrected chi connectivity index (χ4v) is 2.86. The van der Waals surface area contributed by atoms with Crippen LogP contribution in [0.1, 0.15) is 21.6 Å².